The summed E-state index contributed by atoms with van der Waals surface area (Å²) in [5, 5.41) is 3.44. The van der Waals surface area contributed by atoms with Crippen LogP contribution in [0.2, 0.25) is 0 Å². The minimum absolute atomic E-state index is 0.594. The maximum atomic E-state index is 2.29. The van der Waals surface area contributed by atoms with Crippen LogP contribution in [0.1, 0.15) is 17.7 Å². The van der Waals surface area contributed by atoms with E-state index in [9.17, 15) is 0 Å². The zero-order chi connectivity index (χ0) is 11.3. The predicted octanol–water partition coefficient (Wildman–Crippen LogP) is 4.07. The van der Waals surface area contributed by atoms with Crippen molar-refractivity contribution in [2.45, 2.75) is 17.1 Å². The second-order valence-corrected chi connectivity index (χ2v) is 5.89. The Hall–Kier alpha value is -1.15. The molecule has 1 heterocycles. The molecule has 0 fully saturated rings. The third kappa shape index (κ3) is 1.26. The average molecular weight is 229 g/mol. The summed E-state index contributed by atoms with van der Waals surface area (Å²) in [6.07, 6.45) is 0. The summed E-state index contributed by atoms with van der Waals surface area (Å²) in [5.41, 5.74) is 2.80. The van der Waals surface area contributed by atoms with Crippen molar-refractivity contribution in [2.75, 3.05) is 19.0 Å². The highest BCUT2D eigenvalue weighted by molar-refractivity contribution is 8.00. The maximum Gasteiger partial charge on any atom is 0.0441 e. The number of nitrogens with zero attached hydrogens (tertiary/aromatic N) is 1. The number of benzene rings is 2. The molecule has 1 aliphatic heterocycles. The molecule has 82 valence electrons. The van der Waals surface area contributed by atoms with Gasteiger partial charge in [0.2, 0.25) is 0 Å². The summed E-state index contributed by atoms with van der Waals surface area (Å²) < 4.78 is 0. The minimum atomic E-state index is 0.594. The van der Waals surface area contributed by atoms with Gasteiger partial charge in [0, 0.05) is 40.7 Å². The average Bonchev–Trinajstić information content (AvgIpc) is 2.58. The Balaban J connectivity index is 2.41. The Bertz CT molecular complexity index is 560. The van der Waals surface area contributed by atoms with Crippen LogP contribution in [0.4, 0.5) is 5.69 Å². The molecule has 0 saturated heterocycles. The third-order valence-corrected chi connectivity index (χ3v) is 4.44. The van der Waals surface area contributed by atoms with E-state index in [1.807, 2.05) is 11.8 Å². The molecule has 0 aliphatic carbocycles. The largest absolute Gasteiger partial charge is 0.377 e. The molecule has 0 saturated carbocycles. The van der Waals surface area contributed by atoms with Crippen LogP contribution >= 0.6 is 11.8 Å². The minimum Gasteiger partial charge on any atom is -0.377 e. The summed E-state index contributed by atoms with van der Waals surface area (Å²) in [6, 6.07) is 11.2. The Morgan fingerprint density at radius 2 is 1.94 bits per heavy atom. The van der Waals surface area contributed by atoms with E-state index >= 15 is 0 Å². The molecule has 0 radical (unpaired) electrons. The third-order valence-electron chi connectivity index (χ3n) is 3.24. The summed E-state index contributed by atoms with van der Waals surface area (Å²) in [6.45, 7) is 2.29. The fourth-order valence-electron chi connectivity index (χ4n) is 2.47. The summed E-state index contributed by atoms with van der Waals surface area (Å²) in [4.78, 5) is 3.62. The van der Waals surface area contributed by atoms with E-state index in [2.05, 4.69) is 56.3 Å². The Morgan fingerprint density at radius 1 is 1.12 bits per heavy atom. The fourth-order valence-corrected chi connectivity index (χ4v) is 3.67. The lowest BCUT2D eigenvalue weighted by atomic mass is 10.0. The summed E-state index contributed by atoms with van der Waals surface area (Å²) >= 11 is 1.97. The Kier molecular flexibility index (Phi) is 2.15. The van der Waals surface area contributed by atoms with Gasteiger partial charge in [0.15, 0.2) is 0 Å². The molecule has 0 spiro atoms. The molecule has 16 heavy (non-hydrogen) atoms. The van der Waals surface area contributed by atoms with E-state index in [-0.39, 0.29) is 0 Å². The SMILES string of the molecule is CC1Sc2cccc3c(N(C)C)ccc1c23. The van der Waals surface area contributed by atoms with Crippen LogP contribution in [0.5, 0.6) is 0 Å². The van der Waals surface area contributed by atoms with Crippen LogP contribution in [0, 0.1) is 0 Å². The topological polar surface area (TPSA) is 3.24 Å². The quantitative estimate of drug-likeness (QED) is 0.725. The van der Waals surface area contributed by atoms with Crippen molar-refractivity contribution in [1.29, 1.82) is 0 Å². The zero-order valence-electron chi connectivity index (χ0n) is 9.82. The highest BCUT2D eigenvalue weighted by atomic mass is 32.2. The first-order valence-electron chi connectivity index (χ1n) is 5.58. The first-order valence-corrected chi connectivity index (χ1v) is 6.46. The number of anilines is 1. The number of thioether (sulfide) groups is 1. The van der Waals surface area contributed by atoms with Crippen molar-refractivity contribution >= 4 is 28.2 Å². The van der Waals surface area contributed by atoms with Gasteiger partial charge in [0.05, 0.1) is 0 Å². The lowest BCUT2D eigenvalue weighted by Gasteiger charge is -2.16. The number of hydrogen-bond acceptors (Lipinski definition) is 2. The standard InChI is InChI=1S/C14H15NS/c1-9-10-7-8-12(15(2)3)11-5-4-6-13(16-9)14(10)11/h4-9H,1-3H3. The molecule has 1 aliphatic rings. The number of hydrogen-bond donors (Lipinski definition) is 0. The van der Waals surface area contributed by atoms with Gasteiger partial charge in [-0.1, -0.05) is 18.2 Å². The molecule has 0 bridgehead atoms. The fraction of sp³-hybridized carbons (Fsp3) is 0.286. The van der Waals surface area contributed by atoms with Crippen molar-refractivity contribution in [3.8, 4) is 0 Å². The smallest absolute Gasteiger partial charge is 0.0441 e. The van der Waals surface area contributed by atoms with Crippen LogP contribution in [0.15, 0.2) is 35.2 Å². The van der Waals surface area contributed by atoms with E-state index in [4.69, 9.17) is 0 Å². The van der Waals surface area contributed by atoms with Gasteiger partial charge < -0.3 is 4.90 Å². The van der Waals surface area contributed by atoms with E-state index in [1.54, 1.807) is 0 Å². The molecule has 2 aromatic carbocycles. The van der Waals surface area contributed by atoms with Gasteiger partial charge >= 0.3 is 0 Å². The van der Waals surface area contributed by atoms with Crippen LogP contribution in [0.3, 0.4) is 0 Å². The molecular formula is C14H15NS. The van der Waals surface area contributed by atoms with Gasteiger partial charge in [0.1, 0.15) is 0 Å². The van der Waals surface area contributed by atoms with Crippen molar-refractivity contribution in [3.63, 3.8) is 0 Å². The Labute approximate surface area is 100 Å². The second kappa shape index (κ2) is 3.42. The molecule has 0 N–H and O–H groups in total. The van der Waals surface area contributed by atoms with Crippen LogP contribution in [-0.4, -0.2) is 14.1 Å². The second-order valence-electron chi connectivity index (χ2n) is 4.51. The number of rotatable bonds is 1. The molecule has 0 aromatic heterocycles. The highest BCUT2D eigenvalue weighted by Gasteiger charge is 2.22. The van der Waals surface area contributed by atoms with Gasteiger partial charge in [-0.05, 0) is 24.6 Å². The van der Waals surface area contributed by atoms with Gasteiger partial charge in [-0.2, -0.15) is 0 Å². The van der Waals surface area contributed by atoms with E-state index in [0.717, 1.165) is 0 Å². The van der Waals surface area contributed by atoms with Crippen LogP contribution in [-0.2, 0) is 0 Å². The van der Waals surface area contributed by atoms with E-state index < -0.39 is 0 Å². The van der Waals surface area contributed by atoms with E-state index in [1.165, 1.54) is 26.9 Å². The summed E-state index contributed by atoms with van der Waals surface area (Å²) in [7, 11) is 4.21. The molecule has 1 atom stereocenters. The molecule has 1 unspecified atom stereocenters. The maximum absolute atomic E-state index is 2.29. The lowest BCUT2D eigenvalue weighted by molar-refractivity contribution is 1.12. The van der Waals surface area contributed by atoms with Gasteiger partial charge in [-0.15, -0.1) is 11.8 Å². The highest BCUT2D eigenvalue weighted by Crippen LogP contribution is 2.50. The van der Waals surface area contributed by atoms with Gasteiger partial charge in [-0.3, -0.25) is 0 Å². The van der Waals surface area contributed by atoms with Crippen molar-refractivity contribution in [2.24, 2.45) is 0 Å². The Morgan fingerprint density at radius 3 is 2.69 bits per heavy atom. The molecule has 2 heteroatoms. The molecular weight excluding hydrogens is 214 g/mol. The normalized spacial score (nSPS) is 18.1. The molecule has 2 aromatic rings. The van der Waals surface area contributed by atoms with E-state index in [0.29, 0.717) is 5.25 Å². The van der Waals surface area contributed by atoms with Crippen molar-refractivity contribution in [3.05, 3.63) is 35.9 Å². The first-order chi connectivity index (χ1) is 7.68. The monoisotopic (exact) mass is 229 g/mol. The predicted molar refractivity (Wildman–Crippen MR) is 72.5 cm³/mol. The summed E-state index contributed by atoms with van der Waals surface area (Å²) in [5.74, 6) is 0. The van der Waals surface area contributed by atoms with Crippen molar-refractivity contribution in [1.82, 2.24) is 0 Å². The van der Waals surface area contributed by atoms with Gasteiger partial charge in [0.25, 0.3) is 0 Å². The van der Waals surface area contributed by atoms with Gasteiger partial charge in [-0.25, -0.2) is 0 Å². The lowest BCUT2D eigenvalue weighted by Crippen LogP contribution is -2.09. The zero-order valence-corrected chi connectivity index (χ0v) is 10.6. The molecule has 3 rings (SSSR count). The van der Waals surface area contributed by atoms with Crippen LogP contribution in [0.25, 0.3) is 10.8 Å². The van der Waals surface area contributed by atoms with Crippen molar-refractivity contribution < 1.29 is 0 Å². The molecule has 0 amide bonds. The molecule has 1 nitrogen and oxygen atoms in total. The van der Waals surface area contributed by atoms with Crippen LogP contribution < -0.4 is 4.90 Å². The first kappa shape index (κ1) is 10.0.